The van der Waals surface area contributed by atoms with Gasteiger partial charge in [0.15, 0.2) is 0 Å². The molecule has 2 rings (SSSR count). The Kier molecular flexibility index (Phi) is 4.92. The zero-order valence-electron chi connectivity index (χ0n) is 10.5. The lowest BCUT2D eigenvalue weighted by atomic mass is 10.1. The molecule has 108 valence electrons. The minimum Gasteiger partial charge on any atom is -0.389 e. The van der Waals surface area contributed by atoms with Crippen LogP contribution >= 0.6 is 39.7 Å². The molecule has 0 spiro atoms. The number of amides is 1. The summed E-state index contributed by atoms with van der Waals surface area (Å²) in [6.07, 6.45) is 0. The first kappa shape index (κ1) is 15.9. The van der Waals surface area contributed by atoms with E-state index in [0.717, 1.165) is 10.5 Å². The number of benzene rings is 2. The van der Waals surface area contributed by atoms with E-state index in [1.807, 2.05) is 0 Å². The van der Waals surface area contributed by atoms with E-state index in [1.54, 1.807) is 18.2 Å². The normalized spacial score (nSPS) is 10.2. The lowest BCUT2D eigenvalue weighted by Gasteiger charge is -2.11. The van der Waals surface area contributed by atoms with Gasteiger partial charge in [0, 0.05) is 15.6 Å². The Morgan fingerprint density at radius 3 is 2.62 bits per heavy atom. The second-order valence-corrected chi connectivity index (χ2v) is 5.90. The predicted molar refractivity (Wildman–Crippen MR) is 89.4 cm³/mol. The van der Waals surface area contributed by atoms with Crippen LogP contribution in [0.2, 0.25) is 5.02 Å². The first-order valence-electron chi connectivity index (χ1n) is 5.74. The van der Waals surface area contributed by atoms with Crippen molar-refractivity contribution in [3.8, 4) is 0 Å². The fraction of sp³-hybridized carbons (Fsp3) is 0. The van der Waals surface area contributed by atoms with Crippen molar-refractivity contribution in [2.75, 3.05) is 5.32 Å². The summed E-state index contributed by atoms with van der Waals surface area (Å²) in [6.45, 7) is 0. The predicted octanol–water partition coefficient (Wildman–Crippen LogP) is 4.13. The molecule has 0 atom stereocenters. The number of hydrogen-bond donors (Lipinski definition) is 2. The molecule has 0 aliphatic carbocycles. The monoisotopic (exact) mass is 386 g/mol. The topological polar surface area (TPSA) is 55.1 Å². The van der Waals surface area contributed by atoms with E-state index in [2.05, 4.69) is 21.2 Å². The SMILES string of the molecule is NC(=S)c1ccc(Br)cc1NC(=O)c1ccc(F)c(Cl)c1. The zero-order valence-corrected chi connectivity index (χ0v) is 13.7. The molecule has 2 aromatic rings. The molecule has 0 bridgehead atoms. The molecule has 1 amide bonds. The van der Waals surface area contributed by atoms with Gasteiger partial charge in [0.2, 0.25) is 0 Å². The molecule has 0 aromatic heterocycles. The van der Waals surface area contributed by atoms with E-state index < -0.39 is 11.7 Å². The van der Waals surface area contributed by atoms with Crippen molar-refractivity contribution in [2.45, 2.75) is 0 Å². The Bertz CT molecular complexity index is 739. The van der Waals surface area contributed by atoms with Crippen molar-refractivity contribution < 1.29 is 9.18 Å². The molecule has 3 N–H and O–H groups in total. The lowest BCUT2D eigenvalue weighted by Crippen LogP contribution is -2.17. The van der Waals surface area contributed by atoms with Gasteiger partial charge in [-0.3, -0.25) is 4.79 Å². The molecule has 3 nitrogen and oxygen atoms in total. The van der Waals surface area contributed by atoms with E-state index >= 15 is 0 Å². The maximum atomic E-state index is 13.1. The van der Waals surface area contributed by atoms with Crippen molar-refractivity contribution in [1.29, 1.82) is 0 Å². The third-order valence-corrected chi connectivity index (χ3v) is 3.68. The molecule has 0 fully saturated rings. The fourth-order valence-electron chi connectivity index (χ4n) is 1.67. The van der Waals surface area contributed by atoms with Crippen molar-refractivity contribution >= 4 is 56.3 Å². The zero-order chi connectivity index (χ0) is 15.6. The summed E-state index contributed by atoms with van der Waals surface area (Å²) >= 11 is 13.9. The summed E-state index contributed by atoms with van der Waals surface area (Å²) in [7, 11) is 0. The van der Waals surface area contributed by atoms with Crippen LogP contribution in [0.4, 0.5) is 10.1 Å². The van der Waals surface area contributed by atoms with Gasteiger partial charge < -0.3 is 11.1 Å². The number of anilines is 1. The molecule has 0 unspecified atom stereocenters. The summed E-state index contributed by atoms with van der Waals surface area (Å²) < 4.78 is 13.9. The summed E-state index contributed by atoms with van der Waals surface area (Å²) in [5.41, 5.74) is 6.85. The second-order valence-electron chi connectivity index (χ2n) is 4.14. The van der Waals surface area contributed by atoms with Gasteiger partial charge in [-0.25, -0.2) is 4.39 Å². The summed E-state index contributed by atoms with van der Waals surface area (Å²) in [5.74, 6) is -1.02. The number of rotatable bonds is 3. The van der Waals surface area contributed by atoms with Crippen LogP contribution in [0.3, 0.4) is 0 Å². The Balaban J connectivity index is 2.33. The van der Waals surface area contributed by atoms with Crippen LogP contribution in [0.25, 0.3) is 0 Å². The largest absolute Gasteiger partial charge is 0.389 e. The average Bonchev–Trinajstić information content (AvgIpc) is 2.41. The summed E-state index contributed by atoms with van der Waals surface area (Å²) in [5, 5.41) is 2.56. The lowest BCUT2D eigenvalue weighted by molar-refractivity contribution is 0.102. The number of halogens is 3. The van der Waals surface area contributed by atoms with Crippen molar-refractivity contribution in [2.24, 2.45) is 5.73 Å². The molecule has 0 saturated carbocycles. The number of nitrogens with two attached hydrogens (primary N) is 1. The third kappa shape index (κ3) is 3.78. The van der Waals surface area contributed by atoms with Gasteiger partial charge in [-0.1, -0.05) is 39.7 Å². The molecule has 0 radical (unpaired) electrons. The minimum absolute atomic E-state index is 0.119. The van der Waals surface area contributed by atoms with Crippen molar-refractivity contribution in [3.63, 3.8) is 0 Å². The Morgan fingerprint density at radius 1 is 1.29 bits per heavy atom. The average molecular weight is 388 g/mol. The van der Waals surface area contributed by atoms with Gasteiger partial charge in [-0.15, -0.1) is 0 Å². The maximum Gasteiger partial charge on any atom is 0.255 e. The van der Waals surface area contributed by atoms with Gasteiger partial charge >= 0.3 is 0 Å². The van der Waals surface area contributed by atoms with E-state index in [0.29, 0.717) is 11.3 Å². The Morgan fingerprint density at radius 2 is 2.00 bits per heavy atom. The van der Waals surface area contributed by atoms with Crippen molar-refractivity contribution in [3.05, 3.63) is 62.8 Å². The van der Waals surface area contributed by atoms with Crippen LogP contribution in [0.15, 0.2) is 40.9 Å². The van der Waals surface area contributed by atoms with Gasteiger partial charge in [-0.2, -0.15) is 0 Å². The number of hydrogen-bond acceptors (Lipinski definition) is 2. The van der Waals surface area contributed by atoms with Gasteiger partial charge in [-0.05, 0) is 36.4 Å². The first-order valence-corrected chi connectivity index (χ1v) is 7.32. The molecule has 0 aliphatic heterocycles. The molecule has 0 saturated heterocycles. The smallest absolute Gasteiger partial charge is 0.255 e. The molecular weight excluding hydrogens is 379 g/mol. The fourth-order valence-corrected chi connectivity index (χ4v) is 2.39. The maximum absolute atomic E-state index is 13.1. The number of carbonyl (C=O) groups is 1. The van der Waals surface area contributed by atoms with Gasteiger partial charge in [0.05, 0.1) is 10.7 Å². The highest BCUT2D eigenvalue weighted by Crippen LogP contribution is 2.23. The highest BCUT2D eigenvalue weighted by Gasteiger charge is 2.12. The van der Waals surface area contributed by atoms with Crippen LogP contribution in [0, 0.1) is 5.82 Å². The molecule has 2 aromatic carbocycles. The highest BCUT2D eigenvalue weighted by atomic mass is 79.9. The van der Waals surface area contributed by atoms with E-state index in [1.165, 1.54) is 12.1 Å². The highest BCUT2D eigenvalue weighted by molar-refractivity contribution is 9.10. The number of carbonyl (C=O) groups excluding carboxylic acids is 1. The van der Waals surface area contributed by atoms with Gasteiger partial charge in [0.1, 0.15) is 10.8 Å². The molecular formula is C14H9BrClFN2OS. The molecule has 0 aliphatic rings. The number of nitrogens with one attached hydrogen (secondary N) is 1. The summed E-state index contributed by atoms with van der Waals surface area (Å²) in [6, 6.07) is 8.86. The van der Waals surface area contributed by atoms with Gasteiger partial charge in [0.25, 0.3) is 5.91 Å². The second kappa shape index (κ2) is 6.51. The van der Waals surface area contributed by atoms with Crippen LogP contribution in [-0.2, 0) is 0 Å². The molecule has 21 heavy (non-hydrogen) atoms. The third-order valence-electron chi connectivity index (χ3n) is 2.68. The Hall–Kier alpha value is -1.50. The molecule has 7 heteroatoms. The summed E-state index contributed by atoms with van der Waals surface area (Å²) in [4.78, 5) is 12.3. The quantitative estimate of drug-likeness (QED) is 0.779. The minimum atomic E-state index is -0.584. The van der Waals surface area contributed by atoms with Crippen LogP contribution in [0.5, 0.6) is 0 Å². The van der Waals surface area contributed by atoms with Crippen LogP contribution < -0.4 is 11.1 Å². The number of thiocarbonyl (C=S) groups is 1. The van der Waals surface area contributed by atoms with E-state index in [9.17, 15) is 9.18 Å². The molecule has 0 heterocycles. The van der Waals surface area contributed by atoms with E-state index in [4.69, 9.17) is 29.6 Å². The van der Waals surface area contributed by atoms with E-state index in [-0.39, 0.29) is 15.6 Å². The van der Waals surface area contributed by atoms with Crippen molar-refractivity contribution in [1.82, 2.24) is 0 Å². The first-order chi connectivity index (χ1) is 9.88. The Labute approximate surface area is 139 Å². The van der Waals surface area contributed by atoms with Crippen LogP contribution in [0.1, 0.15) is 15.9 Å². The standard InChI is InChI=1S/C14H9BrClFN2OS/c15-8-2-3-9(13(18)21)12(6-8)19-14(20)7-1-4-11(17)10(16)5-7/h1-6H,(H2,18,21)(H,19,20). The van der Waals surface area contributed by atoms with Crippen LogP contribution in [-0.4, -0.2) is 10.9 Å².